The number of anilines is 1. The fraction of sp³-hybridized carbons (Fsp3) is 0.500. The van der Waals surface area contributed by atoms with Crippen molar-refractivity contribution < 1.29 is 13.5 Å². The van der Waals surface area contributed by atoms with Gasteiger partial charge in [0.05, 0.1) is 5.60 Å². The SMILES string of the molecule is CC(C)C1(O)CN(S(=O)(=O)c2c(Br)cc(N)cc2Br)C1. The van der Waals surface area contributed by atoms with Crippen LogP contribution in [0, 0.1) is 5.92 Å². The Labute approximate surface area is 135 Å². The smallest absolute Gasteiger partial charge is 0.245 e. The number of hydrogen-bond donors (Lipinski definition) is 2. The molecule has 1 aromatic rings. The van der Waals surface area contributed by atoms with E-state index in [0.717, 1.165) is 0 Å². The quantitative estimate of drug-likeness (QED) is 0.724. The van der Waals surface area contributed by atoms with Gasteiger partial charge in [0.1, 0.15) is 4.90 Å². The van der Waals surface area contributed by atoms with Crippen molar-refractivity contribution in [3.05, 3.63) is 21.1 Å². The third-order valence-corrected chi connectivity index (χ3v) is 7.26. The number of rotatable bonds is 3. The molecule has 1 saturated heterocycles. The van der Waals surface area contributed by atoms with Crippen molar-refractivity contribution in [2.45, 2.75) is 24.3 Å². The molecule has 0 aromatic heterocycles. The molecule has 1 fully saturated rings. The van der Waals surface area contributed by atoms with Crippen LogP contribution in [0.1, 0.15) is 13.8 Å². The zero-order chi connectivity index (χ0) is 15.3. The van der Waals surface area contributed by atoms with E-state index in [1.165, 1.54) is 4.31 Å². The first-order chi connectivity index (χ1) is 9.08. The summed E-state index contributed by atoms with van der Waals surface area (Å²) in [6, 6.07) is 3.10. The molecular formula is C12H16Br2N2O3S. The molecule has 0 amide bonds. The maximum Gasteiger partial charge on any atom is 0.245 e. The van der Waals surface area contributed by atoms with Crippen molar-refractivity contribution in [2.24, 2.45) is 5.92 Å². The first kappa shape index (κ1) is 16.2. The number of hydrogen-bond acceptors (Lipinski definition) is 4. The predicted molar refractivity (Wildman–Crippen MR) is 84.8 cm³/mol. The monoisotopic (exact) mass is 426 g/mol. The van der Waals surface area contributed by atoms with Gasteiger partial charge in [-0.05, 0) is 49.9 Å². The standard InChI is InChI=1S/C12H16Br2N2O3S/c1-7(2)12(17)5-16(6-12)20(18,19)11-9(13)3-8(15)4-10(11)14/h3-4,7,17H,5-6,15H2,1-2H3. The zero-order valence-electron chi connectivity index (χ0n) is 11.1. The molecule has 0 saturated carbocycles. The van der Waals surface area contributed by atoms with E-state index in [1.807, 2.05) is 13.8 Å². The third-order valence-electron chi connectivity index (χ3n) is 3.59. The summed E-state index contributed by atoms with van der Waals surface area (Å²) in [5.41, 5.74) is 5.19. The second-order valence-corrected chi connectivity index (χ2v) is 8.93. The average Bonchev–Trinajstić information content (AvgIpc) is 2.22. The van der Waals surface area contributed by atoms with E-state index >= 15 is 0 Å². The maximum atomic E-state index is 12.6. The highest BCUT2D eigenvalue weighted by atomic mass is 79.9. The summed E-state index contributed by atoms with van der Waals surface area (Å²) in [7, 11) is -3.66. The molecule has 8 heteroatoms. The average molecular weight is 428 g/mol. The molecule has 112 valence electrons. The molecule has 1 heterocycles. The van der Waals surface area contributed by atoms with E-state index in [2.05, 4.69) is 31.9 Å². The van der Waals surface area contributed by atoms with Crippen molar-refractivity contribution in [1.82, 2.24) is 4.31 Å². The van der Waals surface area contributed by atoms with Gasteiger partial charge in [-0.15, -0.1) is 0 Å². The van der Waals surface area contributed by atoms with Crippen molar-refractivity contribution in [1.29, 1.82) is 0 Å². The Hall–Kier alpha value is -0.150. The van der Waals surface area contributed by atoms with Crippen molar-refractivity contribution in [3.8, 4) is 0 Å². The van der Waals surface area contributed by atoms with Crippen LogP contribution in [0.15, 0.2) is 26.0 Å². The summed E-state index contributed by atoms with van der Waals surface area (Å²) in [6.07, 6.45) is 0. The highest BCUT2D eigenvalue weighted by molar-refractivity contribution is 9.11. The zero-order valence-corrected chi connectivity index (χ0v) is 15.1. The normalized spacial score (nSPS) is 19.1. The predicted octanol–water partition coefficient (Wildman–Crippen LogP) is 2.19. The van der Waals surface area contributed by atoms with Crippen LogP contribution in [0.25, 0.3) is 0 Å². The van der Waals surface area contributed by atoms with E-state index < -0.39 is 15.6 Å². The van der Waals surface area contributed by atoms with Crippen LogP contribution in [0.5, 0.6) is 0 Å². The van der Waals surface area contributed by atoms with Crippen LogP contribution in [-0.4, -0.2) is 36.5 Å². The molecule has 5 nitrogen and oxygen atoms in total. The van der Waals surface area contributed by atoms with Crippen LogP contribution in [0.4, 0.5) is 5.69 Å². The lowest BCUT2D eigenvalue weighted by atomic mass is 9.85. The molecule has 1 aliphatic rings. The fourth-order valence-corrected chi connectivity index (χ4v) is 6.16. The van der Waals surface area contributed by atoms with E-state index in [9.17, 15) is 13.5 Å². The fourth-order valence-electron chi connectivity index (χ4n) is 2.05. The molecule has 20 heavy (non-hydrogen) atoms. The number of nitrogens with two attached hydrogens (primary N) is 1. The van der Waals surface area contributed by atoms with E-state index in [-0.39, 0.29) is 23.9 Å². The van der Waals surface area contributed by atoms with Crippen LogP contribution >= 0.6 is 31.9 Å². The van der Waals surface area contributed by atoms with Gasteiger partial charge in [0.25, 0.3) is 0 Å². The maximum absolute atomic E-state index is 12.6. The van der Waals surface area contributed by atoms with Gasteiger partial charge in [-0.1, -0.05) is 13.8 Å². The largest absolute Gasteiger partial charge is 0.399 e. The molecule has 0 bridgehead atoms. The van der Waals surface area contributed by atoms with Crippen LogP contribution < -0.4 is 5.73 Å². The Balaban J connectivity index is 2.35. The van der Waals surface area contributed by atoms with E-state index in [1.54, 1.807) is 12.1 Å². The molecular weight excluding hydrogens is 412 g/mol. The lowest BCUT2D eigenvalue weighted by molar-refractivity contribution is -0.0932. The van der Waals surface area contributed by atoms with E-state index in [4.69, 9.17) is 5.73 Å². The number of nitrogens with zero attached hydrogens (tertiary/aromatic N) is 1. The number of sulfonamides is 1. The Morgan fingerprint density at radius 1 is 1.30 bits per heavy atom. The van der Waals surface area contributed by atoms with Gasteiger partial charge in [0, 0.05) is 27.7 Å². The molecule has 0 atom stereocenters. The molecule has 1 aliphatic heterocycles. The molecule has 3 N–H and O–H groups in total. The van der Waals surface area contributed by atoms with Gasteiger partial charge in [0.2, 0.25) is 10.0 Å². The van der Waals surface area contributed by atoms with Gasteiger partial charge in [-0.3, -0.25) is 0 Å². The first-order valence-corrected chi connectivity index (χ1v) is 9.07. The van der Waals surface area contributed by atoms with Gasteiger partial charge in [0.15, 0.2) is 0 Å². The Morgan fingerprint density at radius 3 is 2.15 bits per heavy atom. The summed E-state index contributed by atoms with van der Waals surface area (Å²) in [5, 5.41) is 10.2. The number of benzene rings is 1. The van der Waals surface area contributed by atoms with Crippen LogP contribution in [0.2, 0.25) is 0 Å². The minimum atomic E-state index is -3.66. The summed E-state index contributed by atoms with van der Waals surface area (Å²) in [5.74, 6) is 0.00671. The van der Waals surface area contributed by atoms with Crippen molar-refractivity contribution in [2.75, 3.05) is 18.8 Å². The van der Waals surface area contributed by atoms with Crippen molar-refractivity contribution >= 4 is 47.6 Å². The second kappa shape index (κ2) is 5.24. The Kier molecular flexibility index (Phi) is 4.25. The molecule has 2 rings (SSSR count). The first-order valence-electron chi connectivity index (χ1n) is 6.05. The minimum Gasteiger partial charge on any atom is -0.399 e. The summed E-state index contributed by atoms with van der Waals surface area (Å²) < 4.78 is 27.3. The van der Waals surface area contributed by atoms with Gasteiger partial charge in [-0.25, -0.2) is 8.42 Å². The summed E-state index contributed by atoms with van der Waals surface area (Å²) >= 11 is 6.47. The molecule has 0 spiro atoms. The number of halogens is 2. The summed E-state index contributed by atoms with van der Waals surface area (Å²) in [4.78, 5) is 0.137. The topological polar surface area (TPSA) is 83.6 Å². The molecule has 1 aromatic carbocycles. The lowest BCUT2D eigenvalue weighted by Gasteiger charge is -2.48. The minimum absolute atomic E-state index is 0.00671. The van der Waals surface area contributed by atoms with Crippen molar-refractivity contribution in [3.63, 3.8) is 0 Å². The second-order valence-electron chi connectivity index (χ2n) is 5.35. The molecule has 0 aliphatic carbocycles. The molecule has 0 unspecified atom stereocenters. The van der Waals surface area contributed by atoms with Gasteiger partial charge < -0.3 is 10.8 Å². The van der Waals surface area contributed by atoms with Crippen LogP contribution in [0.3, 0.4) is 0 Å². The Morgan fingerprint density at radius 2 is 1.75 bits per heavy atom. The van der Waals surface area contributed by atoms with Gasteiger partial charge >= 0.3 is 0 Å². The van der Waals surface area contributed by atoms with Crippen LogP contribution in [-0.2, 0) is 10.0 Å². The molecule has 0 radical (unpaired) electrons. The Bertz CT molecular complexity index is 617. The lowest BCUT2D eigenvalue weighted by Crippen LogP contribution is -2.65. The summed E-state index contributed by atoms with van der Waals surface area (Å²) in [6.45, 7) is 3.96. The highest BCUT2D eigenvalue weighted by Crippen LogP contribution is 2.39. The number of β-amino-alcohol motifs (C(OH)–C–C–N with tert-alkyl or cyclic N) is 1. The van der Waals surface area contributed by atoms with Gasteiger partial charge in [-0.2, -0.15) is 4.31 Å². The van der Waals surface area contributed by atoms with E-state index in [0.29, 0.717) is 14.6 Å². The third kappa shape index (κ3) is 2.64. The number of aliphatic hydroxyl groups is 1. The number of nitrogen functional groups attached to an aromatic ring is 1. The highest BCUT2D eigenvalue weighted by Gasteiger charge is 2.49.